The fraction of sp³-hybridized carbons (Fsp3) is 0.714. The van der Waals surface area contributed by atoms with Gasteiger partial charge in [-0.05, 0) is 84.7 Å². The van der Waals surface area contributed by atoms with E-state index in [1.165, 1.54) is 32.1 Å². The Morgan fingerprint density at radius 3 is 2.50 bits per heavy atom. The third-order valence-electron chi connectivity index (χ3n) is 8.71. The number of rotatable bonds is 5. The lowest BCUT2D eigenvalue weighted by atomic mass is 9.61. The molecule has 7 atom stereocenters. The van der Waals surface area contributed by atoms with Crippen molar-refractivity contribution in [2.75, 3.05) is 0 Å². The van der Waals surface area contributed by atoms with Gasteiger partial charge in [0.1, 0.15) is 0 Å². The van der Waals surface area contributed by atoms with Crippen molar-refractivity contribution < 1.29 is 10.2 Å². The quantitative estimate of drug-likeness (QED) is 0.499. The molecule has 3 aliphatic carbocycles. The molecule has 3 aliphatic rings. The molecular weight excluding hydrogens is 368 g/mol. The van der Waals surface area contributed by atoms with E-state index >= 15 is 0 Å². The standard InChI is InChI=1S/C28H44O2/c1-18(2)19(3)9-10-20(4)25-13-14-26-22(8-7-15-28(25,26)6)11-12-23-16-24(29)17-27(30)21(23)5/h9-12,18-20,24-27,29-30H,5,7-8,13-17H2,1-4,6H3/b10-9+,22-11+,23-12+/t19-,20+,24-,25-,26?,27?,28+/m0/s1. The lowest BCUT2D eigenvalue weighted by Gasteiger charge is -2.44. The molecule has 0 aromatic heterocycles. The summed E-state index contributed by atoms with van der Waals surface area (Å²) >= 11 is 0. The Bertz CT molecular complexity index is 712. The molecule has 0 aromatic rings. The zero-order valence-corrected chi connectivity index (χ0v) is 19.9. The first kappa shape index (κ1) is 23.5. The van der Waals surface area contributed by atoms with Gasteiger partial charge in [-0.25, -0.2) is 0 Å². The number of aliphatic hydroxyl groups is 2. The van der Waals surface area contributed by atoms with Crippen LogP contribution in [0.5, 0.6) is 0 Å². The van der Waals surface area contributed by atoms with Gasteiger partial charge in [-0.3, -0.25) is 0 Å². The van der Waals surface area contributed by atoms with Crippen LogP contribution in [0.15, 0.2) is 47.6 Å². The molecule has 30 heavy (non-hydrogen) atoms. The maximum Gasteiger partial charge on any atom is 0.0811 e. The lowest BCUT2D eigenvalue weighted by Crippen LogP contribution is -2.35. The minimum absolute atomic E-state index is 0.385. The van der Waals surface area contributed by atoms with Crippen LogP contribution in [0.4, 0.5) is 0 Å². The van der Waals surface area contributed by atoms with E-state index in [1.54, 1.807) is 5.57 Å². The first-order chi connectivity index (χ1) is 14.1. The van der Waals surface area contributed by atoms with Crippen LogP contribution >= 0.6 is 0 Å². The predicted molar refractivity (Wildman–Crippen MR) is 127 cm³/mol. The summed E-state index contributed by atoms with van der Waals surface area (Å²) in [5.74, 6) is 3.38. The second kappa shape index (κ2) is 9.57. The van der Waals surface area contributed by atoms with Gasteiger partial charge in [0, 0.05) is 6.42 Å². The van der Waals surface area contributed by atoms with E-state index in [4.69, 9.17) is 0 Å². The van der Waals surface area contributed by atoms with Gasteiger partial charge in [-0.2, -0.15) is 0 Å². The van der Waals surface area contributed by atoms with Crippen LogP contribution < -0.4 is 0 Å². The minimum atomic E-state index is -0.605. The van der Waals surface area contributed by atoms with E-state index in [9.17, 15) is 10.2 Å². The summed E-state index contributed by atoms with van der Waals surface area (Å²) < 4.78 is 0. The molecule has 0 aliphatic heterocycles. The summed E-state index contributed by atoms with van der Waals surface area (Å²) in [7, 11) is 0. The minimum Gasteiger partial charge on any atom is -0.393 e. The van der Waals surface area contributed by atoms with Gasteiger partial charge in [0.25, 0.3) is 0 Å². The Morgan fingerprint density at radius 2 is 1.80 bits per heavy atom. The summed E-state index contributed by atoms with van der Waals surface area (Å²) in [5.41, 5.74) is 3.77. The normalized spacial score (nSPS) is 39.8. The van der Waals surface area contributed by atoms with E-state index in [-0.39, 0.29) is 0 Å². The van der Waals surface area contributed by atoms with Gasteiger partial charge < -0.3 is 10.2 Å². The summed E-state index contributed by atoms with van der Waals surface area (Å²) in [4.78, 5) is 0. The summed E-state index contributed by atoms with van der Waals surface area (Å²) in [6, 6.07) is 0. The molecule has 3 saturated carbocycles. The third-order valence-corrected chi connectivity index (χ3v) is 8.71. The predicted octanol–water partition coefficient (Wildman–Crippen LogP) is 6.61. The topological polar surface area (TPSA) is 40.5 Å². The Morgan fingerprint density at radius 1 is 1.07 bits per heavy atom. The zero-order valence-electron chi connectivity index (χ0n) is 19.9. The summed E-state index contributed by atoms with van der Waals surface area (Å²) in [6.45, 7) is 16.0. The number of allylic oxidation sites excluding steroid dienone is 5. The maximum absolute atomic E-state index is 10.1. The van der Waals surface area contributed by atoms with Gasteiger partial charge in [0.05, 0.1) is 12.2 Å². The van der Waals surface area contributed by atoms with Crippen molar-refractivity contribution in [3.05, 3.63) is 47.6 Å². The second-order valence-electron chi connectivity index (χ2n) is 11.0. The molecule has 3 rings (SSSR count). The van der Waals surface area contributed by atoms with Gasteiger partial charge in [-0.1, -0.05) is 71.1 Å². The van der Waals surface area contributed by atoms with Crippen LogP contribution in [0.2, 0.25) is 0 Å². The molecule has 2 N–H and O–H groups in total. The average molecular weight is 413 g/mol. The largest absolute Gasteiger partial charge is 0.393 e. The van der Waals surface area contributed by atoms with Crippen LogP contribution in [-0.4, -0.2) is 22.4 Å². The molecule has 2 heteroatoms. The number of fused-ring (bicyclic) bond motifs is 1. The number of aliphatic hydroxyl groups excluding tert-OH is 2. The highest BCUT2D eigenvalue weighted by molar-refractivity contribution is 5.38. The molecule has 3 fully saturated rings. The van der Waals surface area contributed by atoms with Crippen molar-refractivity contribution in [3.63, 3.8) is 0 Å². The zero-order chi connectivity index (χ0) is 22.1. The van der Waals surface area contributed by atoms with Crippen molar-refractivity contribution in [1.82, 2.24) is 0 Å². The SMILES string of the molecule is C=C1/C(=C/C=C2\CCC[C@@]3(C)C2CC[C@H]3[C@H](C)/C=C/[C@H](C)C(C)C)C[C@H](O)CC1O. The fourth-order valence-corrected chi connectivity index (χ4v) is 6.32. The molecule has 0 heterocycles. The van der Waals surface area contributed by atoms with Gasteiger partial charge in [-0.15, -0.1) is 0 Å². The average Bonchev–Trinajstić information content (AvgIpc) is 3.04. The third kappa shape index (κ3) is 4.86. The Labute approximate surface area is 184 Å². The molecule has 0 bridgehead atoms. The van der Waals surface area contributed by atoms with Gasteiger partial charge in [0.2, 0.25) is 0 Å². The molecule has 0 amide bonds. The monoisotopic (exact) mass is 412 g/mol. The number of hydrogen-bond donors (Lipinski definition) is 2. The van der Waals surface area contributed by atoms with E-state index in [0.717, 1.165) is 17.1 Å². The molecule has 0 aromatic carbocycles. The molecule has 2 nitrogen and oxygen atoms in total. The van der Waals surface area contributed by atoms with Gasteiger partial charge >= 0.3 is 0 Å². The first-order valence-corrected chi connectivity index (χ1v) is 12.3. The van der Waals surface area contributed by atoms with Crippen molar-refractivity contribution in [1.29, 1.82) is 0 Å². The Balaban J connectivity index is 1.76. The molecule has 168 valence electrons. The highest BCUT2D eigenvalue weighted by atomic mass is 16.3. The van der Waals surface area contributed by atoms with E-state index in [2.05, 4.69) is 65.5 Å². The van der Waals surface area contributed by atoms with Crippen molar-refractivity contribution in [3.8, 4) is 0 Å². The van der Waals surface area contributed by atoms with E-state index < -0.39 is 12.2 Å². The highest BCUT2D eigenvalue weighted by Crippen LogP contribution is 2.59. The Kier molecular flexibility index (Phi) is 7.51. The van der Waals surface area contributed by atoms with E-state index in [1.807, 2.05) is 0 Å². The molecular formula is C28H44O2. The summed E-state index contributed by atoms with van der Waals surface area (Å²) in [6.07, 6.45) is 15.8. The highest BCUT2D eigenvalue weighted by Gasteiger charge is 2.50. The first-order valence-electron chi connectivity index (χ1n) is 12.3. The van der Waals surface area contributed by atoms with Crippen LogP contribution in [0, 0.1) is 35.0 Å². The maximum atomic E-state index is 10.1. The van der Waals surface area contributed by atoms with Crippen LogP contribution in [0.3, 0.4) is 0 Å². The number of hydrogen-bond acceptors (Lipinski definition) is 2. The molecule has 0 saturated heterocycles. The Hall–Kier alpha value is -1.12. The van der Waals surface area contributed by atoms with E-state index in [0.29, 0.717) is 41.9 Å². The van der Waals surface area contributed by atoms with Gasteiger partial charge in [0.15, 0.2) is 0 Å². The van der Waals surface area contributed by atoms with Crippen LogP contribution in [0.25, 0.3) is 0 Å². The molecule has 0 radical (unpaired) electrons. The second-order valence-corrected chi connectivity index (χ2v) is 11.0. The van der Waals surface area contributed by atoms with Crippen LogP contribution in [-0.2, 0) is 0 Å². The van der Waals surface area contributed by atoms with Crippen molar-refractivity contribution in [2.24, 2.45) is 35.0 Å². The fourth-order valence-electron chi connectivity index (χ4n) is 6.32. The molecule has 2 unspecified atom stereocenters. The lowest BCUT2D eigenvalue weighted by molar-refractivity contribution is 0.0862. The van der Waals surface area contributed by atoms with Crippen molar-refractivity contribution >= 4 is 0 Å². The van der Waals surface area contributed by atoms with Crippen LogP contribution in [0.1, 0.15) is 79.6 Å². The molecule has 0 spiro atoms. The summed E-state index contributed by atoms with van der Waals surface area (Å²) in [5, 5.41) is 20.2. The van der Waals surface area contributed by atoms with Crippen molar-refractivity contribution in [2.45, 2.75) is 91.8 Å². The smallest absolute Gasteiger partial charge is 0.0811 e.